The predicted octanol–water partition coefficient (Wildman–Crippen LogP) is 1.42. The van der Waals surface area contributed by atoms with Crippen LogP contribution in [0.25, 0.3) is 10.9 Å². The van der Waals surface area contributed by atoms with Crippen LogP contribution in [0.4, 0.5) is 0 Å². The van der Waals surface area contributed by atoms with E-state index in [4.69, 9.17) is 5.73 Å². The minimum atomic E-state index is -0.322. The Morgan fingerprint density at radius 3 is 2.95 bits per heavy atom. The van der Waals surface area contributed by atoms with Crippen LogP contribution < -0.4 is 11.1 Å². The Kier molecular flexibility index (Phi) is 2.78. The summed E-state index contributed by atoms with van der Waals surface area (Å²) in [6, 6.07) is 7.61. The van der Waals surface area contributed by atoms with Gasteiger partial charge in [-0.15, -0.1) is 0 Å². The number of aromatic nitrogens is 2. The molecule has 1 aliphatic rings. The van der Waals surface area contributed by atoms with Gasteiger partial charge >= 0.3 is 0 Å². The zero-order valence-electron chi connectivity index (χ0n) is 10.9. The van der Waals surface area contributed by atoms with Gasteiger partial charge in [0.2, 0.25) is 0 Å². The maximum atomic E-state index is 12.4. The number of fused-ring (bicyclic) bond motifs is 1. The molecule has 0 saturated heterocycles. The van der Waals surface area contributed by atoms with Crippen molar-refractivity contribution in [3.63, 3.8) is 0 Å². The summed E-state index contributed by atoms with van der Waals surface area (Å²) >= 11 is 0. The van der Waals surface area contributed by atoms with Crippen LogP contribution in [0.2, 0.25) is 0 Å². The summed E-state index contributed by atoms with van der Waals surface area (Å²) in [6.45, 7) is 2.46. The zero-order chi connectivity index (χ0) is 13.5. The first-order valence-corrected chi connectivity index (χ1v) is 6.60. The van der Waals surface area contributed by atoms with Crippen molar-refractivity contribution < 1.29 is 4.79 Å². The van der Waals surface area contributed by atoms with E-state index >= 15 is 0 Å². The summed E-state index contributed by atoms with van der Waals surface area (Å²) in [6.07, 6.45) is 2.27. The van der Waals surface area contributed by atoms with Gasteiger partial charge < -0.3 is 11.1 Å². The molecular weight excluding hydrogens is 240 g/mol. The van der Waals surface area contributed by atoms with Crippen molar-refractivity contribution >= 4 is 16.8 Å². The number of para-hydroxylation sites is 1. The summed E-state index contributed by atoms with van der Waals surface area (Å²) in [5.41, 5.74) is 6.81. The van der Waals surface area contributed by atoms with Gasteiger partial charge in [0.05, 0.1) is 11.1 Å². The normalized spacial score (nSPS) is 18.2. The number of rotatable bonds is 4. The fraction of sp³-hybridized carbons (Fsp3) is 0.429. The number of benzene rings is 1. The third kappa shape index (κ3) is 2.10. The summed E-state index contributed by atoms with van der Waals surface area (Å²) in [4.78, 5) is 12.4. The van der Waals surface area contributed by atoms with Gasteiger partial charge in [-0.2, -0.15) is 5.10 Å². The molecule has 1 aromatic heterocycles. The molecule has 1 fully saturated rings. The SMILES string of the molecule is CC(CN)(NC(=O)c1n[nH]c2ccccc12)C1CC1. The van der Waals surface area contributed by atoms with Crippen molar-refractivity contribution in [2.24, 2.45) is 11.7 Å². The molecule has 100 valence electrons. The van der Waals surface area contributed by atoms with Crippen LogP contribution in [0.5, 0.6) is 0 Å². The van der Waals surface area contributed by atoms with Crippen molar-refractivity contribution in [2.45, 2.75) is 25.3 Å². The van der Waals surface area contributed by atoms with Crippen LogP contribution in [0.3, 0.4) is 0 Å². The number of nitrogens with one attached hydrogen (secondary N) is 2. The minimum absolute atomic E-state index is 0.155. The van der Waals surface area contributed by atoms with Crippen LogP contribution in [-0.4, -0.2) is 28.2 Å². The second kappa shape index (κ2) is 4.35. The van der Waals surface area contributed by atoms with Crippen molar-refractivity contribution in [3.8, 4) is 0 Å². The molecule has 0 radical (unpaired) electrons. The molecule has 1 unspecified atom stereocenters. The number of carbonyl (C=O) groups excluding carboxylic acids is 1. The number of hydrogen-bond donors (Lipinski definition) is 3. The van der Waals surface area contributed by atoms with E-state index in [0.717, 1.165) is 23.7 Å². The lowest BCUT2D eigenvalue weighted by molar-refractivity contribution is 0.0894. The van der Waals surface area contributed by atoms with E-state index in [-0.39, 0.29) is 11.4 Å². The lowest BCUT2D eigenvalue weighted by atomic mass is 9.95. The van der Waals surface area contributed by atoms with E-state index < -0.39 is 0 Å². The van der Waals surface area contributed by atoms with Crippen molar-refractivity contribution in [1.29, 1.82) is 0 Å². The Morgan fingerprint density at radius 2 is 2.26 bits per heavy atom. The second-order valence-electron chi connectivity index (χ2n) is 5.47. The number of nitrogens with two attached hydrogens (primary N) is 1. The third-order valence-corrected chi connectivity index (χ3v) is 3.99. The predicted molar refractivity (Wildman–Crippen MR) is 73.7 cm³/mol. The first kappa shape index (κ1) is 12.2. The van der Waals surface area contributed by atoms with E-state index in [1.165, 1.54) is 0 Å². The van der Waals surface area contributed by atoms with Crippen LogP contribution in [-0.2, 0) is 0 Å². The van der Waals surface area contributed by atoms with Crippen LogP contribution in [0.1, 0.15) is 30.3 Å². The molecule has 1 aliphatic carbocycles. The van der Waals surface area contributed by atoms with E-state index in [2.05, 4.69) is 15.5 Å². The third-order valence-electron chi connectivity index (χ3n) is 3.99. The minimum Gasteiger partial charge on any atom is -0.344 e. The van der Waals surface area contributed by atoms with Crippen molar-refractivity contribution in [3.05, 3.63) is 30.0 Å². The molecule has 3 rings (SSSR count). The smallest absolute Gasteiger partial charge is 0.272 e. The Hall–Kier alpha value is -1.88. The maximum absolute atomic E-state index is 12.4. The molecule has 0 spiro atoms. The first-order valence-electron chi connectivity index (χ1n) is 6.60. The number of nitrogens with zero attached hydrogens (tertiary/aromatic N) is 1. The van der Waals surface area contributed by atoms with Crippen LogP contribution in [0, 0.1) is 5.92 Å². The number of amides is 1. The monoisotopic (exact) mass is 258 g/mol. The quantitative estimate of drug-likeness (QED) is 0.775. The molecule has 5 nitrogen and oxygen atoms in total. The van der Waals surface area contributed by atoms with Gasteiger partial charge in [-0.1, -0.05) is 18.2 Å². The summed E-state index contributed by atoms with van der Waals surface area (Å²) in [5.74, 6) is 0.337. The molecule has 0 aliphatic heterocycles. The number of carbonyl (C=O) groups is 1. The molecule has 1 saturated carbocycles. The fourth-order valence-electron chi connectivity index (χ4n) is 2.50. The average Bonchev–Trinajstić information content (AvgIpc) is 3.19. The Morgan fingerprint density at radius 1 is 1.53 bits per heavy atom. The molecule has 5 heteroatoms. The van der Waals surface area contributed by atoms with Crippen molar-refractivity contribution in [2.75, 3.05) is 6.54 Å². The fourth-order valence-corrected chi connectivity index (χ4v) is 2.50. The summed E-state index contributed by atoms with van der Waals surface area (Å²) in [7, 11) is 0. The maximum Gasteiger partial charge on any atom is 0.272 e. The van der Waals surface area contributed by atoms with Gasteiger partial charge in [0, 0.05) is 11.9 Å². The molecule has 4 N–H and O–H groups in total. The van der Waals surface area contributed by atoms with Gasteiger partial charge in [0.25, 0.3) is 5.91 Å². The van der Waals surface area contributed by atoms with Crippen molar-refractivity contribution in [1.82, 2.24) is 15.5 Å². The average molecular weight is 258 g/mol. The molecular formula is C14H18N4O. The molecule has 2 aromatic rings. The highest BCUT2D eigenvalue weighted by atomic mass is 16.2. The lowest BCUT2D eigenvalue weighted by Crippen LogP contribution is -2.53. The highest BCUT2D eigenvalue weighted by molar-refractivity contribution is 6.04. The van der Waals surface area contributed by atoms with Crippen LogP contribution in [0.15, 0.2) is 24.3 Å². The molecule has 1 amide bonds. The topological polar surface area (TPSA) is 83.8 Å². The highest BCUT2D eigenvalue weighted by Gasteiger charge is 2.42. The second-order valence-corrected chi connectivity index (χ2v) is 5.47. The Labute approximate surface area is 111 Å². The molecule has 1 aromatic carbocycles. The van der Waals surface area contributed by atoms with Gasteiger partial charge in [0.1, 0.15) is 0 Å². The van der Waals surface area contributed by atoms with Gasteiger partial charge in [-0.05, 0) is 31.7 Å². The van der Waals surface area contributed by atoms with Crippen LogP contribution >= 0.6 is 0 Å². The summed E-state index contributed by atoms with van der Waals surface area (Å²) < 4.78 is 0. The molecule has 1 heterocycles. The number of H-pyrrole nitrogens is 1. The Bertz CT molecular complexity index is 617. The van der Waals surface area contributed by atoms with E-state index in [9.17, 15) is 4.79 Å². The number of hydrogen-bond acceptors (Lipinski definition) is 3. The first-order chi connectivity index (χ1) is 9.14. The number of aromatic amines is 1. The van der Waals surface area contributed by atoms with Gasteiger partial charge in [-0.25, -0.2) is 0 Å². The zero-order valence-corrected chi connectivity index (χ0v) is 10.9. The lowest BCUT2D eigenvalue weighted by Gasteiger charge is -2.29. The van der Waals surface area contributed by atoms with E-state index in [1.807, 2.05) is 31.2 Å². The van der Waals surface area contributed by atoms with Gasteiger partial charge in [0.15, 0.2) is 5.69 Å². The van der Waals surface area contributed by atoms with E-state index in [1.54, 1.807) is 0 Å². The van der Waals surface area contributed by atoms with E-state index in [0.29, 0.717) is 18.2 Å². The molecule has 0 bridgehead atoms. The standard InChI is InChI=1S/C14H18N4O/c1-14(8-15,9-6-7-9)16-13(19)12-10-4-2-3-5-11(10)17-18-12/h2-5,9H,6-8,15H2,1H3,(H,16,19)(H,17,18). The molecule has 1 atom stereocenters. The van der Waals surface area contributed by atoms with Gasteiger partial charge in [-0.3, -0.25) is 9.89 Å². The molecule has 19 heavy (non-hydrogen) atoms. The Balaban J connectivity index is 1.87. The largest absolute Gasteiger partial charge is 0.344 e. The summed E-state index contributed by atoms with van der Waals surface area (Å²) in [5, 5.41) is 10.9. The highest BCUT2D eigenvalue weighted by Crippen LogP contribution is 2.39.